The number of aromatic hydroxyl groups is 1. The van der Waals surface area contributed by atoms with Crippen LogP contribution < -0.4 is 10.6 Å². The van der Waals surface area contributed by atoms with Crippen LogP contribution in [0.15, 0.2) is 24.3 Å². The molecule has 3 N–H and O–H groups in total. The summed E-state index contributed by atoms with van der Waals surface area (Å²) in [4.78, 5) is 25.0. The molecule has 0 bridgehead atoms. The molecule has 0 heterocycles. The number of carbonyl (C=O) groups is 2. The van der Waals surface area contributed by atoms with Gasteiger partial charge in [-0.05, 0) is 39.2 Å². The van der Waals surface area contributed by atoms with E-state index in [0.29, 0.717) is 6.54 Å². The molecule has 0 aliphatic rings. The van der Waals surface area contributed by atoms with Crippen molar-refractivity contribution < 1.29 is 14.7 Å². The van der Waals surface area contributed by atoms with Crippen molar-refractivity contribution in [1.29, 1.82) is 0 Å². The summed E-state index contributed by atoms with van der Waals surface area (Å²) in [5.41, 5.74) is 0.218. The Labute approximate surface area is 112 Å². The summed E-state index contributed by atoms with van der Waals surface area (Å²) in [5, 5.41) is 14.3. The number of para-hydroxylation sites is 2. The molecule has 0 aromatic heterocycles. The fraction of sp³-hybridized carbons (Fsp3) is 0.385. The topological polar surface area (TPSA) is 81.7 Å². The van der Waals surface area contributed by atoms with Crippen LogP contribution in [-0.4, -0.2) is 49.0 Å². The maximum absolute atomic E-state index is 11.5. The Bertz CT molecular complexity index is 447. The van der Waals surface area contributed by atoms with E-state index in [1.165, 1.54) is 12.1 Å². The van der Waals surface area contributed by atoms with Crippen molar-refractivity contribution in [3.8, 4) is 5.75 Å². The van der Waals surface area contributed by atoms with Crippen molar-refractivity contribution >= 4 is 17.5 Å². The Morgan fingerprint density at radius 2 is 1.89 bits per heavy atom. The summed E-state index contributed by atoms with van der Waals surface area (Å²) in [6.07, 6.45) is 0.766. The molecule has 0 fully saturated rings. The zero-order chi connectivity index (χ0) is 14.3. The van der Waals surface area contributed by atoms with Gasteiger partial charge in [0.15, 0.2) is 0 Å². The Hall–Kier alpha value is -2.08. The van der Waals surface area contributed by atoms with Gasteiger partial charge in [-0.15, -0.1) is 0 Å². The third-order valence-corrected chi connectivity index (χ3v) is 2.43. The zero-order valence-electron chi connectivity index (χ0n) is 11.1. The van der Waals surface area contributed by atoms with Gasteiger partial charge in [0.2, 0.25) is 0 Å². The number of phenols is 1. The highest BCUT2D eigenvalue weighted by Crippen LogP contribution is 2.21. The number of hydrogen-bond acceptors (Lipinski definition) is 4. The van der Waals surface area contributed by atoms with Crippen LogP contribution in [-0.2, 0) is 9.59 Å². The number of carbonyl (C=O) groups excluding carboxylic acids is 2. The number of nitrogens with zero attached hydrogens (tertiary/aromatic N) is 1. The number of phenolic OH excluding ortho intramolecular Hbond substituents is 1. The summed E-state index contributed by atoms with van der Waals surface area (Å²) in [7, 11) is 3.87. The number of amides is 2. The molecule has 6 heteroatoms. The lowest BCUT2D eigenvalue weighted by Crippen LogP contribution is -2.36. The van der Waals surface area contributed by atoms with Crippen LogP contribution in [0.3, 0.4) is 0 Å². The first-order valence-electron chi connectivity index (χ1n) is 6.02. The van der Waals surface area contributed by atoms with Crippen molar-refractivity contribution in [3.63, 3.8) is 0 Å². The molecule has 0 saturated heterocycles. The molecule has 2 amide bonds. The summed E-state index contributed by atoms with van der Waals surface area (Å²) in [5.74, 6) is -1.57. The van der Waals surface area contributed by atoms with E-state index in [2.05, 4.69) is 10.6 Å². The minimum atomic E-state index is -0.786. The van der Waals surface area contributed by atoms with Gasteiger partial charge in [0.25, 0.3) is 0 Å². The van der Waals surface area contributed by atoms with Crippen LogP contribution in [0.5, 0.6) is 5.75 Å². The summed E-state index contributed by atoms with van der Waals surface area (Å²) in [6.45, 7) is 1.27. The third kappa shape index (κ3) is 5.39. The van der Waals surface area contributed by atoms with Gasteiger partial charge >= 0.3 is 11.8 Å². The van der Waals surface area contributed by atoms with Gasteiger partial charge in [-0.3, -0.25) is 9.59 Å². The first kappa shape index (κ1) is 15.0. The fourth-order valence-corrected chi connectivity index (χ4v) is 1.44. The van der Waals surface area contributed by atoms with Crippen molar-refractivity contribution in [3.05, 3.63) is 24.3 Å². The predicted octanol–water partition coefficient (Wildman–Crippen LogP) is 0.399. The maximum atomic E-state index is 11.5. The molecule has 1 aromatic carbocycles. The highest BCUT2D eigenvalue weighted by Gasteiger charge is 2.14. The smallest absolute Gasteiger partial charge is 0.313 e. The summed E-state index contributed by atoms with van der Waals surface area (Å²) >= 11 is 0. The van der Waals surface area contributed by atoms with Gasteiger partial charge in [0, 0.05) is 6.54 Å². The molecule has 0 saturated carbocycles. The van der Waals surface area contributed by atoms with E-state index in [-0.39, 0.29) is 11.4 Å². The minimum absolute atomic E-state index is 0.0729. The second kappa shape index (κ2) is 7.38. The lowest BCUT2D eigenvalue weighted by molar-refractivity contribution is -0.136. The molecule has 0 spiro atoms. The SMILES string of the molecule is CN(C)CCCNC(=O)C(=O)Nc1ccccc1O. The third-order valence-electron chi connectivity index (χ3n) is 2.43. The van der Waals surface area contributed by atoms with Gasteiger partial charge in [0.05, 0.1) is 5.69 Å². The number of benzene rings is 1. The second-order valence-corrected chi connectivity index (χ2v) is 4.38. The van der Waals surface area contributed by atoms with Crippen LogP contribution in [0.2, 0.25) is 0 Å². The molecular weight excluding hydrogens is 246 g/mol. The fourth-order valence-electron chi connectivity index (χ4n) is 1.44. The molecule has 0 unspecified atom stereocenters. The van der Waals surface area contributed by atoms with Crippen LogP contribution in [0.4, 0.5) is 5.69 Å². The van der Waals surface area contributed by atoms with E-state index >= 15 is 0 Å². The lowest BCUT2D eigenvalue weighted by atomic mass is 10.3. The van der Waals surface area contributed by atoms with Gasteiger partial charge in [-0.1, -0.05) is 12.1 Å². The first-order valence-corrected chi connectivity index (χ1v) is 6.02. The van der Waals surface area contributed by atoms with E-state index in [9.17, 15) is 14.7 Å². The molecule has 19 heavy (non-hydrogen) atoms. The average Bonchev–Trinajstić information content (AvgIpc) is 2.36. The minimum Gasteiger partial charge on any atom is -0.506 e. The van der Waals surface area contributed by atoms with Gasteiger partial charge in [-0.25, -0.2) is 0 Å². The number of hydrogen-bond donors (Lipinski definition) is 3. The average molecular weight is 265 g/mol. The van der Waals surface area contributed by atoms with Crippen LogP contribution in [0.1, 0.15) is 6.42 Å². The molecule has 1 rings (SSSR count). The van der Waals surface area contributed by atoms with Crippen molar-refractivity contribution in [2.24, 2.45) is 0 Å². The molecule has 0 atom stereocenters. The number of nitrogens with one attached hydrogen (secondary N) is 2. The molecule has 104 valence electrons. The predicted molar refractivity (Wildman–Crippen MR) is 72.9 cm³/mol. The van der Waals surface area contributed by atoms with Crippen molar-refractivity contribution in [1.82, 2.24) is 10.2 Å². The molecule has 0 aliphatic carbocycles. The first-order chi connectivity index (χ1) is 9.00. The van der Waals surface area contributed by atoms with E-state index in [4.69, 9.17) is 0 Å². The molecule has 0 aliphatic heterocycles. The standard InChI is InChI=1S/C13H19N3O3/c1-16(2)9-5-8-14-12(18)13(19)15-10-6-3-4-7-11(10)17/h3-4,6-7,17H,5,8-9H2,1-2H3,(H,14,18)(H,15,19). The van der Waals surface area contributed by atoms with E-state index in [1.807, 2.05) is 19.0 Å². The largest absolute Gasteiger partial charge is 0.506 e. The molecular formula is C13H19N3O3. The highest BCUT2D eigenvalue weighted by atomic mass is 16.3. The lowest BCUT2D eigenvalue weighted by Gasteiger charge is -2.10. The van der Waals surface area contributed by atoms with Crippen LogP contribution in [0.25, 0.3) is 0 Å². The van der Waals surface area contributed by atoms with E-state index in [0.717, 1.165) is 13.0 Å². The Balaban J connectivity index is 2.37. The van der Waals surface area contributed by atoms with Crippen molar-refractivity contribution in [2.75, 3.05) is 32.5 Å². The Kier molecular flexibility index (Phi) is 5.81. The zero-order valence-corrected chi connectivity index (χ0v) is 11.1. The second-order valence-electron chi connectivity index (χ2n) is 4.38. The summed E-state index contributed by atoms with van der Waals surface area (Å²) in [6, 6.07) is 6.24. The monoisotopic (exact) mass is 265 g/mol. The normalized spacial score (nSPS) is 10.3. The number of anilines is 1. The quantitative estimate of drug-likeness (QED) is 0.409. The Morgan fingerprint density at radius 3 is 2.53 bits per heavy atom. The maximum Gasteiger partial charge on any atom is 0.313 e. The molecule has 6 nitrogen and oxygen atoms in total. The molecule has 0 radical (unpaired) electrons. The van der Waals surface area contributed by atoms with Gasteiger partial charge in [0.1, 0.15) is 5.75 Å². The van der Waals surface area contributed by atoms with E-state index < -0.39 is 11.8 Å². The van der Waals surface area contributed by atoms with Crippen LogP contribution in [0, 0.1) is 0 Å². The van der Waals surface area contributed by atoms with Crippen LogP contribution >= 0.6 is 0 Å². The number of rotatable bonds is 5. The van der Waals surface area contributed by atoms with Crippen molar-refractivity contribution in [2.45, 2.75) is 6.42 Å². The highest BCUT2D eigenvalue weighted by molar-refractivity contribution is 6.39. The molecule has 1 aromatic rings. The van der Waals surface area contributed by atoms with Gasteiger partial charge in [-0.2, -0.15) is 0 Å². The Morgan fingerprint density at radius 1 is 1.21 bits per heavy atom. The van der Waals surface area contributed by atoms with E-state index in [1.54, 1.807) is 12.1 Å². The van der Waals surface area contributed by atoms with Gasteiger partial charge < -0.3 is 20.6 Å². The summed E-state index contributed by atoms with van der Waals surface area (Å²) < 4.78 is 0.